The van der Waals surface area contributed by atoms with Crippen LogP contribution in [0, 0.1) is 34.5 Å². The third kappa shape index (κ3) is 2.65. The summed E-state index contributed by atoms with van der Waals surface area (Å²) < 4.78 is 17.9. The lowest BCUT2D eigenvalue weighted by Crippen LogP contribution is -2.56. The fourth-order valence-corrected chi connectivity index (χ4v) is 8.30. The third-order valence-corrected chi connectivity index (χ3v) is 9.70. The van der Waals surface area contributed by atoms with Crippen LogP contribution in [0.15, 0.2) is 0 Å². The largest absolute Gasteiger partial charge is 0.462 e. The van der Waals surface area contributed by atoms with Gasteiger partial charge >= 0.3 is 5.97 Å². The predicted molar refractivity (Wildman–Crippen MR) is 102 cm³/mol. The molecule has 4 saturated carbocycles. The molecule has 4 nitrogen and oxygen atoms in total. The van der Waals surface area contributed by atoms with Crippen molar-refractivity contribution >= 4 is 5.97 Å². The molecule has 152 valence electrons. The second kappa shape index (κ2) is 6.19. The summed E-state index contributed by atoms with van der Waals surface area (Å²) in [5, 5.41) is 0. The first-order chi connectivity index (χ1) is 12.9. The summed E-state index contributed by atoms with van der Waals surface area (Å²) >= 11 is 0. The number of hydrogen-bond acceptors (Lipinski definition) is 4. The number of rotatable bonds is 1. The zero-order valence-corrected chi connectivity index (χ0v) is 17.3. The summed E-state index contributed by atoms with van der Waals surface area (Å²) in [6.07, 6.45) is 11.0. The molecule has 1 aliphatic heterocycles. The Morgan fingerprint density at radius 1 is 0.889 bits per heavy atom. The molecule has 0 aromatic heterocycles. The smallest absolute Gasteiger partial charge is 0.302 e. The molecular formula is C23H36O4. The van der Waals surface area contributed by atoms with Gasteiger partial charge in [0.25, 0.3) is 0 Å². The minimum atomic E-state index is -0.256. The molecule has 0 bridgehead atoms. The van der Waals surface area contributed by atoms with Crippen molar-refractivity contribution in [2.45, 2.75) is 90.4 Å². The standard InChI is InChI=1S/C23H36O4/c1-15(24)27-20-7-6-18-17-5-4-16-14-23(25-12-13-26-23)11-10-21(16,2)19(17)8-9-22(18,20)3/h16-20H,4-14H2,1-3H3/t16-,17+,18+,19+,20-,21+,22+/m1/s1. The van der Waals surface area contributed by atoms with E-state index in [1.807, 2.05) is 0 Å². The lowest BCUT2D eigenvalue weighted by Gasteiger charge is -2.61. The van der Waals surface area contributed by atoms with Crippen LogP contribution in [-0.2, 0) is 19.0 Å². The highest BCUT2D eigenvalue weighted by Gasteiger charge is 2.62. The Bertz CT molecular complexity index is 611. The van der Waals surface area contributed by atoms with Crippen LogP contribution in [0.4, 0.5) is 0 Å². The highest BCUT2D eigenvalue weighted by molar-refractivity contribution is 5.66. The summed E-state index contributed by atoms with van der Waals surface area (Å²) in [4.78, 5) is 11.6. The second-order valence-electron chi connectivity index (χ2n) is 10.7. The van der Waals surface area contributed by atoms with E-state index in [2.05, 4.69) is 13.8 Å². The van der Waals surface area contributed by atoms with Crippen molar-refractivity contribution in [3.8, 4) is 0 Å². The van der Waals surface area contributed by atoms with E-state index < -0.39 is 0 Å². The van der Waals surface area contributed by atoms with Crippen LogP contribution in [0.3, 0.4) is 0 Å². The van der Waals surface area contributed by atoms with Gasteiger partial charge in [-0.3, -0.25) is 4.79 Å². The van der Waals surface area contributed by atoms with E-state index in [-0.39, 0.29) is 23.3 Å². The van der Waals surface area contributed by atoms with E-state index in [1.165, 1.54) is 38.5 Å². The Labute approximate surface area is 163 Å². The van der Waals surface area contributed by atoms with E-state index in [0.29, 0.717) is 5.41 Å². The average Bonchev–Trinajstić information content (AvgIpc) is 3.21. The molecule has 4 heteroatoms. The molecule has 5 rings (SSSR count). The van der Waals surface area contributed by atoms with Crippen molar-refractivity contribution in [1.82, 2.24) is 0 Å². The predicted octanol–water partition coefficient (Wildman–Crippen LogP) is 4.70. The topological polar surface area (TPSA) is 44.8 Å². The molecule has 27 heavy (non-hydrogen) atoms. The van der Waals surface area contributed by atoms with Gasteiger partial charge < -0.3 is 14.2 Å². The van der Waals surface area contributed by atoms with E-state index in [1.54, 1.807) is 6.92 Å². The molecule has 1 spiro atoms. The van der Waals surface area contributed by atoms with Crippen LogP contribution < -0.4 is 0 Å². The molecule has 0 aromatic carbocycles. The maximum atomic E-state index is 11.6. The average molecular weight is 377 g/mol. The minimum Gasteiger partial charge on any atom is -0.462 e. The van der Waals surface area contributed by atoms with Crippen molar-refractivity contribution in [3.05, 3.63) is 0 Å². The van der Waals surface area contributed by atoms with Gasteiger partial charge in [0.05, 0.1) is 13.2 Å². The van der Waals surface area contributed by atoms with Crippen LogP contribution in [-0.4, -0.2) is 31.1 Å². The summed E-state index contributed by atoms with van der Waals surface area (Å²) in [6.45, 7) is 8.11. The van der Waals surface area contributed by atoms with Gasteiger partial charge in [-0.2, -0.15) is 0 Å². The van der Waals surface area contributed by atoms with Crippen LogP contribution in [0.2, 0.25) is 0 Å². The molecule has 0 amide bonds. The molecule has 4 aliphatic carbocycles. The molecule has 0 radical (unpaired) electrons. The third-order valence-electron chi connectivity index (χ3n) is 9.70. The summed E-state index contributed by atoms with van der Waals surface area (Å²) in [6, 6.07) is 0. The number of carbonyl (C=O) groups is 1. The fourth-order valence-electron chi connectivity index (χ4n) is 8.30. The van der Waals surface area contributed by atoms with Gasteiger partial charge in [-0.25, -0.2) is 0 Å². The van der Waals surface area contributed by atoms with E-state index >= 15 is 0 Å². The van der Waals surface area contributed by atoms with Gasteiger partial charge in [0, 0.05) is 25.2 Å². The lowest BCUT2D eigenvalue weighted by molar-refractivity contribution is -0.230. The number of esters is 1. The zero-order chi connectivity index (χ0) is 18.9. The zero-order valence-electron chi connectivity index (χ0n) is 17.3. The van der Waals surface area contributed by atoms with E-state index in [9.17, 15) is 4.79 Å². The summed E-state index contributed by atoms with van der Waals surface area (Å²) in [5.74, 6) is 2.74. The van der Waals surface area contributed by atoms with Crippen LogP contribution in [0.1, 0.15) is 78.6 Å². The van der Waals surface area contributed by atoms with E-state index in [4.69, 9.17) is 14.2 Å². The maximum absolute atomic E-state index is 11.6. The molecular weight excluding hydrogens is 340 g/mol. The Kier molecular flexibility index (Phi) is 4.22. The molecule has 0 aromatic rings. The Morgan fingerprint density at radius 2 is 1.63 bits per heavy atom. The first kappa shape index (κ1) is 18.4. The van der Waals surface area contributed by atoms with Crippen LogP contribution in [0.5, 0.6) is 0 Å². The molecule has 0 unspecified atom stereocenters. The van der Waals surface area contributed by atoms with Gasteiger partial charge in [-0.15, -0.1) is 0 Å². The minimum absolute atomic E-state index is 0.103. The number of hydrogen-bond donors (Lipinski definition) is 0. The van der Waals surface area contributed by atoms with Crippen molar-refractivity contribution in [3.63, 3.8) is 0 Å². The van der Waals surface area contributed by atoms with Gasteiger partial charge in [-0.05, 0) is 74.0 Å². The molecule has 5 fully saturated rings. The second-order valence-corrected chi connectivity index (χ2v) is 10.7. The first-order valence-corrected chi connectivity index (χ1v) is 11.3. The first-order valence-electron chi connectivity index (χ1n) is 11.3. The molecule has 7 atom stereocenters. The number of fused-ring (bicyclic) bond motifs is 5. The number of carbonyl (C=O) groups excluding carboxylic acids is 1. The quantitative estimate of drug-likeness (QED) is 0.622. The van der Waals surface area contributed by atoms with E-state index in [0.717, 1.165) is 56.1 Å². The summed E-state index contributed by atoms with van der Waals surface area (Å²) in [7, 11) is 0. The van der Waals surface area contributed by atoms with Gasteiger partial charge in [0.2, 0.25) is 0 Å². The maximum Gasteiger partial charge on any atom is 0.302 e. The fraction of sp³-hybridized carbons (Fsp3) is 0.957. The van der Waals surface area contributed by atoms with Crippen LogP contribution >= 0.6 is 0 Å². The molecule has 5 aliphatic rings. The SMILES string of the molecule is CC(=O)O[C@@H]1CC[C@H]2[C@@H]3CC[C@@H]4CC5(CC[C@]4(C)[C@H]3CC[C@]12C)OCCO5. The van der Waals surface area contributed by atoms with Crippen molar-refractivity contribution in [2.75, 3.05) is 13.2 Å². The summed E-state index contributed by atoms with van der Waals surface area (Å²) in [5.41, 5.74) is 0.633. The highest BCUT2D eigenvalue weighted by atomic mass is 16.7. The lowest BCUT2D eigenvalue weighted by atomic mass is 9.45. The van der Waals surface area contributed by atoms with Crippen LogP contribution in [0.25, 0.3) is 0 Å². The Morgan fingerprint density at radius 3 is 2.37 bits per heavy atom. The van der Waals surface area contributed by atoms with Crippen molar-refractivity contribution in [2.24, 2.45) is 34.5 Å². The highest BCUT2D eigenvalue weighted by Crippen LogP contribution is 2.67. The molecule has 0 N–H and O–H groups in total. The number of ether oxygens (including phenoxy) is 3. The Balaban J connectivity index is 1.37. The van der Waals surface area contributed by atoms with Crippen molar-refractivity contribution < 1.29 is 19.0 Å². The Hall–Kier alpha value is -0.610. The molecule has 1 heterocycles. The normalized spacial score (nSPS) is 50.7. The monoisotopic (exact) mass is 376 g/mol. The molecule has 1 saturated heterocycles. The van der Waals surface area contributed by atoms with Gasteiger partial charge in [-0.1, -0.05) is 13.8 Å². The van der Waals surface area contributed by atoms with Gasteiger partial charge in [0.15, 0.2) is 5.79 Å². The van der Waals surface area contributed by atoms with Gasteiger partial charge in [0.1, 0.15) is 6.10 Å². The van der Waals surface area contributed by atoms with Crippen molar-refractivity contribution in [1.29, 1.82) is 0 Å².